The second-order valence-electron chi connectivity index (χ2n) is 3.66. The molecule has 1 amide bonds. The van der Waals surface area contributed by atoms with Crippen LogP contribution in [0.1, 0.15) is 16.8 Å². The van der Waals surface area contributed by atoms with E-state index in [2.05, 4.69) is 9.97 Å². The van der Waals surface area contributed by atoms with Gasteiger partial charge in [-0.25, -0.2) is 9.97 Å². The summed E-state index contributed by atoms with van der Waals surface area (Å²) in [6.07, 6.45) is 3.90. The minimum absolute atomic E-state index is 0.0236. The number of aromatic nitrogens is 2. The molecule has 1 unspecified atom stereocenters. The van der Waals surface area contributed by atoms with Gasteiger partial charge in [-0.1, -0.05) is 0 Å². The number of aldehydes is 1. The van der Waals surface area contributed by atoms with Crippen LogP contribution < -0.4 is 4.90 Å². The van der Waals surface area contributed by atoms with Crippen LogP contribution in [0, 0.1) is 5.92 Å². The van der Waals surface area contributed by atoms with Crippen LogP contribution in [0.25, 0.3) is 0 Å². The highest BCUT2D eigenvalue weighted by molar-refractivity contribution is 6.18. The van der Waals surface area contributed by atoms with Gasteiger partial charge in [0, 0.05) is 31.2 Å². The zero-order valence-corrected chi connectivity index (χ0v) is 9.22. The van der Waals surface area contributed by atoms with Crippen molar-refractivity contribution in [3.8, 4) is 0 Å². The first-order chi connectivity index (χ1) is 7.74. The molecule has 16 heavy (non-hydrogen) atoms. The summed E-state index contributed by atoms with van der Waals surface area (Å²) in [6.45, 7) is 0.544. The highest BCUT2D eigenvalue weighted by Crippen LogP contribution is 2.22. The Kier molecular flexibility index (Phi) is 3.14. The molecule has 1 aliphatic heterocycles. The van der Waals surface area contributed by atoms with E-state index in [1.54, 1.807) is 0 Å². The molecule has 1 aromatic rings. The fourth-order valence-corrected chi connectivity index (χ4v) is 1.82. The van der Waals surface area contributed by atoms with Gasteiger partial charge < -0.3 is 0 Å². The molecule has 0 saturated carbocycles. The lowest BCUT2D eigenvalue weighted by Gasteiger charge is -2.13. The molecule has 1 fully saturated rings. The number of carbonyl (C=O) groups excluding carboxylic acids is 2. The topological polar surface area (TPSA) is 63.2 Å². The van der Waals surface area contributed by atoms with E-state index in [1.165, 1.54) is 17.3 Å². The Balaban J connectivity index is 2.18. The number of rotatable bonds is 3. The maximum atomic E-state index is 11.6. The van der Waals surface area contributed by atoms with E-state index in [4.69, 9.17) is 11.6 Å². The summed E-state index contributed by atoms with van der Waals surface area (Å²) in [4.78, 5) is 31.5. The second kappa shape index (κ2) is 4.57. The van der Waals surface area contributed by atoms with Crippen molar-refractivity contribution >= 4 is 29.7 Å². The van der Waals surface area contributed by atoms with E-state index in [0.717, 1.165) is 0 Å². The van der Waals surface area contributed by atoms with Gasteiger partial charge in [-0.05, 0) is 5.92 Å². The molecule has 0 spiro atoms. The van der Waals surface area contributed by atoms with E-state index in [-0.39, 0.29) is 11.8 Å². The molecular formula is C10H10ClN3O2. The van der Waals surface area contributed by atoms with E-state index >= 15 is 0 Å². The molecule has 0 N–H and O–H groups in total. The van der Waals surface area contributed by atoms with Gasteiger partial charge in [0.1, 0.15) is 0 Å². The summed E-state index contributed by atoms with van der Waals surface area (Å²) in [5.41, 5.74) is 0.393. The van der Waals surface area contributed by atoms with Crippen molar-refractivity contribution in [1.29, 1.82) is 0 Å². The average Bonchev–Trinajstić information content (AvgIpc) is 2.71. The molecule has 1 atom stereocenters. The van der Waals surface area contributed by atoms with Crippen molar-refractivity contribution in [3.63, 3.8) is 0 Å². The van der Waals surface area contributed by atoms with Crippen molar-refractivity contribution in [2.45, 2.75) is 6.42 Å². The summed E-state index contributed by atoms with van der Waals surface area (Å²) in [7, 11) is 0. The first-order valence-corrected chi connectivity index (χ1v) is 5.41. The third-order valence-electron chi connectivity index (χ3n) is 2.46. The molecule has 5 nitrogen and oxygen atoms in total. The molecule has 1 aliphatic rings. The molecule has 0 radical (unpaired) electrons. The third-order valence-corrected chi connectivity index (χ3v) is 2.90. The Morgan fingerprint density at radius 1 is 1.50 bits per heavy atom. The molecule has 1 saturated heterocycles. The number of hydrogen-bond donors (Lipinski definition) is 0. The van der Waals surface area contributed by atoms with Gasteiger partial charge in [0.15, 0.2) is 6.29 Å². The summed E-state index contributed by atoms with van der Waals surface area (Å²) < 4.78 is 0. The van der Waals surface area contributed by atoms with E-state index < -0.39 is 0 Å². The molecule has 0 aromatic carbocycles. The van der Waals surface area contributed by atoms with E-state index in [1.807, 2.05) is 0 Å². The van der Waals surface area contributed by atoms with E-state index in [0.29, 0.717) is 36.6 Å². The zero-order valence-electron chi connectivity index (χ0n) is 8.47. The van der Waals surface area contributed by atoms with Gasteiger partial charge in [-0.3, -0.25) is 14.5 Å². The lowest BCUT2D eigenvalue weighted by molar-refractivity contribution is -0.117. The number of carbonyl (C=O) groups is 2. The van der Waals surface area contributed by atoms with Crippen LogP contribution in [0.5, 0.6) is 0 Å². The average molecular weight is 240 g/mol. The molecule has 0 aliphatic carbocycles. The number of halogens is 1. The van der Waals surface area contributed by atoms with Crippen molar-refractivity contribution in [2.24, 2.45) is 5.92 Å². The van der Waals surface area contributed by atoms with Gasteiger partial charge >= 0.3 is 0 Å². The number of anilines is 1. The normalized spacial score (nSPS) is 20.2. The van der Waals surface area contributed by atoms with Crippen molar-refractivity contribution in [1.82, 2.24) is 9.97 Å². The lowest BCUT2D eigenvalue weighted by atomic mass is 10.2. The molecule has 84 valence electrons. The van der Waals surface area contributed by atoms with Gasteiger partial charge in [-0.15, -0.1) is 11.6 Å². The number of hydrogen-bond acceptors (Lipinski definition) is 4. The van der Waals surface area contributed by atoms with Crippen LogP contribution in [-0.2, 0) is 4.79 Å². The summed E-state index contributed by atoms with van der Waals surface area (Å²) >= 11 is 5.71. The highest BCUT2D eigenvalue weighted by Gasteiger charge is 2.31. The third kappa shape index (κ3) is 2.04. The number of nitrogens with zero attached hydrogens (tertiary/aromatic N) is 3. The Bertz CT molecular complexity index is 407. The lowest BCUT2D eigenvalue weighted by Crippen LogP contribution is -2.26. The predicted octanol–water partition coefficient (Wildman–Crippen LogP) is 0.881. The van der Waals surface area contributed by atoms with Crippen LogP contribution in [-0.4, -0.2) is 34.6 Å². The number of amides is 1. The van der Waals surface area contributed by atoms with Crippen LogP contribution >= 0.6 is 11.6 Å². The fraction of sp³-hybridized carbons (Fsp3) is 0.400. The van der Waals surface area contributed by atoms with Gasteiger partial charge in [0.05, 0.1) is 5.56 Å². The zero-order chi connectivity index (χ0) is 11.5. The van der Waals surface area contributed by atoms with Gasteiger partial charge in [-0.2, -0.15) is 0 Å². The smallest absolute Gasteiger partial charge is 0.232 e. The fourth-order valence-electron chi connectivity index (χ4n) is 1.61. The van der Waals surface area contributed by atoms with Gasteiger partial charge in [0.2, 0.25) is 11.9 Å². The minimum atomic E-state index is -0.0236. The molecule has 1 aromatic heterocycles. The van der Waals surface area contributed by atoms with Crippen molar-refractivity contribution in [3.05, 3.63) is 18.0 Å². The predicted molar refractivity (Wildman–Crippen MR) is 58.6 cm³/mol. The molecule has 0 bridgehead atoms. The Labute approximate surface area is 97.4 Å². The molecule has 6 heteroatoms. The maximum absolute atomic E-state index is 11.6. The Hall–Kier alpha value is -1.49. The van der Waals surface area contributed by atoms with Crippen LogP contribution in [0.4, 0.5) is 5.95 Å². The monoisotopic (exact) mass is 239 g/mol. The summed E-state index contributed by atoms with van der Waals surface area (Å²) in [5.74, 6) is 0.922. The van der Waals surface area contributed by atoms with Crippen LogP contribution in [0.15, 0.2) is 12.4 Å². The standard InChI is InChI=1S/C10H10ClN3O2/c11-2-7-1-9(16)14(5-7)10-12-3-8(6-15)4-13-10/h3-4,6-7H,1-2,5H2. The Morgan fingerprint density at radius 2 is 2.19 bits per heavy atom. The largest absolute Gasteiger partial charge is 0.298 e. The maximum Gasteiger partial charge on any atom is 0.232 e. The SMILES string of the molecule is O=Cc1cnc(N2CC(CCl)CC2=O)nc1. The summed E-state index contributed by atoms with van der Waals surface area (Å²) in [6, 6.07) is 0. The first kappa shape index (κ1) is 11.0. The van der Waals surface area contributed by atoms with E-state index in [9.17, 15) is 9.59 Å². The van der Waals surface area contributed by atoms with Gasteiger partial charge in [0.25, 0.3) is 0 Å². The molecule has 2 heterocycles. The quantitative estimate of drug-likeness (QED) is 0.580. The molecular weight excluding hydrogens is 230 g/mol. The first-order valence-electron chi connectivity index (χ1n) is 4.88. The Morgan fingerprint density at radius 3 is 2.69 bits per heavy atom. The second-order valence-corrected chi connectivity index (χ2v) is 3.97. The van der Waals surface area contributed by atoms with Crippen molar-refractivity contribution < 1.29 is 9.59 Å². The molecule has 2 rings (SSSR count). The van der Waals surface area contributed by atoms with Crippen LogP contribution in [0.2, 0.25) is 0 Å². The van der Waals surface area contributed by atoms with Crippen LogP contribution in [0.3, 0.4) is 0 Å². The minimum Gasteiger partial charge on any atom is -0.298 e. The number of alkyl halides is 1. The van der Waals surface area contributed by atoms with Crippen molar-refractivity contribution in [2.75, 3.05) is 17.3 Å². The summed E-state index contributed by atoms with van der Waals surface area (Å²) in [5, 5.41) is 0. The highest BCUT2D eigenvalue weighted by atomic mass is 35.5.